The first-order valence-corrected chi connectivity index (χ1v) is 6.76. The largest absolute Gasteiger partial charge is 0.389 e. The van der Waals surface area contributed by atoms with Crippen LogP contribution >= 0.6 is 35.4 Å². The van der Waals surface area contributed by atoms with Gasteiger partial charge in [-0.15, -0.1) is 0 Å². The zero-order valence-electron chi connectivity index (χ0n) is 10.2. The molecule has 0 bridgehead atoms. The van der Waals surface area contributed by atoms with E-state index in [1.54, 1.807) is 18.2 Å². The van der Waals surface area contributed by atoms with Gasteiger partial charge in [0.1, 0.15) is 4.99 Å². The van der Waals surface area contributed by atoms with E-state index in [2.05, 4.69) is 5.32 Å². The number of nitrogens with two attached hydrogens (primary N) is 1. The first-order chi connectivity index (χ1) is 8.97. The van der Waals surface area contributed by atoms with Crippen LogP contribution in [0.3, 0.4) is 0 Å². The first-order valence-electron chi connectivity index (χ1n) is 5.60. The topological polar surface area (TPSA) is 38.0 Å². The van der Waals surface area contributed by atoms with Crippen LogP contribution in [0, 0.1) is 6.92 Å². The van der Waals surface area contributed by atoms with Gasteiger partial charge in [-0.3, -0.25) is 0 Å². The minimum Gasteiger partial charge on any atom is -0.389 e. The molecule has 2 aromatic rings. The summed E-state index contributed by atoms with van der Waals surface area (Å²) in [6, 6.07) is 11.0. The quantitative estimate of drug-likeness (QED) is 0.808. The summed E-state index contributed by atoms with van der Waals surface area (Å²) in [5.41, 5.74) is 9.17. The van der Waals surface area contributed by atoms with E-state index < -0.39 is 0 Å². The summed E-state index contributed by atoms with van der Waals surface area (Å²) in [5, 5.41) is 4.49. The second-order valence-electron chi connectivity index (χ2n) is 4.14. The number of benzene rings is 2. The zero-order chi connectivity index (χ0) is 14.0. The van der Waals surface area contributed by atoms with Gasteiger partial charge in [-0.05, 0) is 48.9 Å². The van der Waals surface area contributed by atoms with E-state index >= 15 is 0 Å². The summed E-state index contributed by atoms with van der Waals surface area (Å²) in [6.07, 6.45) is 0. The van der Waals surface area contributed by atoms with Crippen LogP contribution in [0.15, 0.2) is 36.4 Å². The van der Waals surface area contributed by atoms with Crippen LogP contribution in [0.1, 0.15) is 11.1 Å². The monoisotopic (exact) mass is 310 g/mol. The lowest BCUT2D eigenvalue weighted by Crippen LogP contribution is -2.09. The fraction of sp³-hybridized carbons (Fsp3) is 0.0714. The molecule has 0 aliphatic heterocycles. The fourth-order valence-electron chi connectivity index (χ4n) is 1.70. The minimum absolute atomic E-state index is 0.385. The van der Waals surface area contributed by atoms with Crippen molar-refractivity contribution in [3.05, 3.63) is 57.6 Å². The van der Waals surface area contributed by atoms with E-state index in [0.717, 1.165) is 22.5 Å². The average Bonchev–Trinajstić information content (AvgIpc) is 2.36. The normalized spacial score (nSPS) is 10.3. The first kappa shape index (κ1) is 14.1. The number of anilines is 2. The highest BCUT2D eigenvalue weighted by molar-refractivity contribution is 7.80. The molecule has 19 heavy (non-hydrogen) atoms. The standard InChI is InChI=1S/C14H12Cl2N2S/c1-8-6-9(14(17)19)2-5-12(8)18-13-7-10(15)3-4-11(13)16/h2-7,18H,1H3,(H2,17,19). The molecular formula is C14H12Cl2N2S. The van der Waals surface area contributed by atoms with Gasteiger partial charge in [-0.1, -0.05) is 35.4 Å². The Morgan fingerprint density at radius 3 is 2.47 bits per heavy atom. The SMILES string of the molecule is Cc1cc(C(N)=S)ccc1Nc1cc(Cl)ccc1Cl. The number of hydrogen-bond donors (Lipinski definition) is 2. The Labute approximate surface area is 127 Å². The number of rotatable bonds is 3. The molecule has 0 amide bonds. The van der Waals surface area contributed by atoms with E-state index in [9.17, 15) is 0 Å². The van der Waals surface area contributed by atoms with Crippen molar-refractivity contribution in [2.75, 3.05) is 5.32 Å². The van der Waals surface area contributed by atoms with Gasteiger partial charge >= 0.3 is 0 Å². The minimum atomic E-state index is 0.385. The Bertz CT molecular complexity index is 641. The lowest BCUT2D eigenvalue weighted by molar-refractivity contribution is 1.42. The average molecular weight is 311 g/mol. The molecule has 98 valence electrons. The van der Waals surface area contributed by atoms with Gasteiger partial charge in [0.25, 0.3) is 0 Å². The maximum absolute atomic E-state index is 6.12. The van der Waals surface area contributed by atoms with Crippen molar-refractivity contribution in [3.8, 4) is 0 Å². The van der Waals surface area contributed by atoms with Crippen LogP contribution in [0.4, 0.5) is 11.4 Å². The molecule has 0 aliphatic rings. The van der Waals surface area contributed by atoms with Gasteiger partial charge in [-0.25, -0.2) is 0 Å². The maximum Gasteiger partial charge on any atom is 0.103 e. The number of thiocarbonyl (C=S) groups is 1. The summed E-state index contributed by atoms with van der Waals surface area (Å²) in [5.74, 6) is 0. The molecule has 2 nitrogen and oxygen atoms in total. The Kier molecular flexibility index (Phi) is 4.30. The smallest absolute Gasteiger partial charge is 0.103 e. The van der Waals surface area contributed by atoms with Crippen molar-refractivity contribution in [1.29, 1.82) is 0 Å². The Hall–Kier alpha value is -1.29. The van der Waals surface area contributed by atoms with Crippen LogP contribution in [0.25, 0.3) is 0 Å². The van der Waals surface area contributed by atoms with E-state index in [4.69, 9.17) is 41.2 Å². The van der Waals surface area contributed by atoms with Crippen molar-refractivity contribution in [1.82, 2.24) is 0 Å². The Morgan fingerprint density at radius 2 is 1.84 bits per heavy atom. The number of aryl methyl sites for hydroxylation is 1. The van der Waals surface area contributed by atoms with Crippen LogP contribution < -0.4 is 11.1 Å². The summed E-state index contributed by atoms with van der Waals surface area (Å²) < 4.78 is 0. The second-order valence-corrected chi connectivity index (χ2v) is 5.43. The summed E-state index contributed by atoms with van der Waals surface area (Å²) >= 11 is 17.0. The third kappa shape index (κ3) is 3.38. The third-order valence-corrected chi connectivity index (χ3v) is 3.51. The molecule has 0 fully saturated rings. The molecule has 5 heteroatoms. The van der Waals surface area contributed by atoms with Crippen LogP contribution in [0.5, 0.6) is 0 Å². The molecule has 0 atom stereocenters. The molecule has 0 spiro atoms. The van der Waals surface area contributed by atoms with E-state index in [0.29, 0.717) is 15.0 Å². The number of hydrogen-bond acceptors (Lipinski definition) is 2. The summed E-state index contributed by atoms with van der Waals surface area (Å²) in [6.45, 7) is 1.97. The third-order valence-electron chi connectivity index (χ3n) is 2.71. The van der Waals surface area contributed by atoms with E-state index in [1.165, 1.54) is 0 Å². The molecule has 0 unspecified atom stereocenters. The molecule has 0 saturated carbocycles. The van der Waals surface area contributed by atoms with Crippen molar-refractivity contribution >= 4 is 51.8 Å². The molecule has 3 N–H and O–H groups in total. The molecule has 0 saturated heterocycles. The van der Waals surface area contributed by atoms with E-state index in [-0.39, 0.29) is 0 Å². The van der Waals surface area contributed by atoms with Crippen LogP contribution in [0.2, 0.25) is 10.0 Å². The number of halogens is 2. The van der Waals surface area contributed by atoms with Crippen molar-refractivity contribution < 1.29 is 0 Å². The van der Waals surface area contributed by atoms with Gasteiger partial charge < -0.3 is 11.1 Å². The molecule has 0 heterocycles. The zero-order valence-corrected chi connectivity index (χ0v) is 12.5. The maximum atomic E-state index is 6.12. The molecule has 2 rings (SSSR count). The summed E-state index contributed by atoms with van der Waals surface area (Å²) in [7, 11) is 0. The molecule has 0 radical (unpaired) electrons. The van der Waals surface area contributed by atoms with Crippen molar-refractivity contribution in [3.63, 3.8) is 0 Å². The molecular weight excluding hydrogens is 299 g/mol. The van der Waals surface area contributed by atoms with Gasteiger partial charge in [0, 0.05) is 16.3 Å². The lowest BCUT2D eigenvalue weighted by Gasteiger charge is -2.12. The molecule has 0 aromatic heterocycles. The fourth-order valence-corrected chi connectivity index (χ4v) is 2.16. The predicted octanol–water partition coefficient (Wildman–Crippen LogP) is 4.68. The second kappa shape index (κ2) is 5.78. The van der Waals surface area contributed by atoms with E-state index in [1.807, 2.05) is 25.1 Å². The highest BCUT2D eigenvalue weighted by atomic mass is 35.5. The van der Waals surface area contributed by atoms with Gasteiger partial charge in [0.15, 0.2) is 0 Å². The molecule has 2 aromatic carbocycles. The Morgan fingerprint density at radius 1 is 1.11 bits per heavy atom. The lowest BCUT2D eigenvalue weighted by atomic mass is 10.1. The van der Waals surface area contributed by atoms with Crippen LogP contribution in [-0.2, 0) is 0 Å². The van der Waals surface area contributed by atoms with Crippen molar-refractivity contribution in [2.24, 2.45) is 5.73 Å². The summed E-state index contributed by atoms with van der Waals surface area (Å²) in [4.78, 5) is 0.385. The predicted molar refractivity (Wildman–Crippen MR) is 86.8 cm³/mol. The number of nitrogens with one attached hydrogen (secondary N) is 1. The van der Waals surface area contributed by atoms with Gasteiger partial charge in [0.2, 0.25) is 0 Å². The Balaban J connectivity index is 2.33. The van der Waals surface area contributed by atoms with Crippen molar-refractivity contribution in [2.45, 2.75) is 6.92 Å². The van der Waals surface area contributed by atoms with Gasteiger partial charge in [0.05, 0.1) is 10.7 Å². The van der Waals surface area contributed by atoms with Gasteiger partial charge in [-0.2, -0.15) is 0 Å². The molecule has 0 aliphatic carbocycles. The van der Waals surface area contributed by atoms with Crippen LogP contribution in [-0.4, -0.2) is 4.99 Å². The highest BCUT2D eigenvalue weighted by Gasteiger charge is 2.05. The highest BCUT2D eigenvalue weighted by Crippen LogP contribution is 2.29.